The fraction of sp³-hybridized carbons (Fsp3) is 0.364. The zero-order chi connectivity index (χ0) is 24.9. The molecule has 3 aromatic rings. The van der Waals surface area contributed by atoms with E-state index in [-0.39, 0.29) is 19.1 Å². The molecule has 0 saturated carbocycles. The monoisotopic (exact) mass is 500 g/mol. The highest BCUT2D eigenvalue weighted by Gasteiger charge is 2.35. The molecule has 0 radical (unpaired) electrons. The lowest BCUT2D eigenvalue weighted by Crippen LogP contribution is -2.40. The predicted molar refractivity (Wildman–Crippen MR) is 121 cm³/mol. The molecule has 1 aromatic carbocycles. The highest BCUT2D eigenvalue weighted by atomic mass is 35.5. The Morgan fingerprint density at radius 1 is 1.35 bits per heavy atom. The number of aromatic amines is 1. The van der Waals surface area contributed by atoms with Gasteiger partial charge in [0, 0.05) is 41.3 Å². The van der Waals surface area contributed by atoms with Crippen LogP contribution in [0.15, 0.2) is 30.3 Å². The van der Waals surface area contributed by atoms with Crippen molar-refractivity contribution in [1.82, 2.24) is 14.9 Å². The van der Waals surface area contributed by atoms with Crippen LogP contribution in [0.1, 0.15) is 22.9 Å². The highest BCUT2D eigenvalue weighted by molar-refractivity contribution is 6.31. The number of aliphatic hydroxyl groups is 1. The summed E-state index contributed by atoms with van der Waals surface area (Å²) in [5, 5.41) is 21.7. The number of aliphatic hydroxyl groups excluding tert-OH is 1. The number of hydrogen-bond acceptors (Lipinski definition) is 6. The number of H-pyrrole nitrogens is 1. The van der Waals surface area contributed by atoms with Crippen molar-refractivity contribution in [3.05, 3.63) is 52.2 Å². The van der Waals surface area contributed by atoms with Gasteiger partial charge in [0.25, 0.3) is 6.47 Å². The van der Waals surface area contributed by atoms with Gasteiger partial charge in [-0.05, 0) is 42.3 Å². The predicted octanol–water partition coefficient (Wildman–Crippen LogP) is 3.95. The topological polar surface area (TPSA) is 111 Å². The first-order valence-corrected chi connectivity index (χ1v) is 10.7. The molecule has 1 unspecified atom stereocenters. The lowest BCUT2D eigenvalue weighted by Gasteiger charge is -2.34. The van der Waals surface area contributed by atoms with Gasteiger partial charge < -0.3 is 25.3 Å². The summed E-state index contributed by atoms with van der Waals surface area (Å²) in [5.41, 5.74) is 2.20. The summed E-state index contributed by atoms with van der Waals surface area (Å²) in [6.07, 6.45) is -3.72. The number of nitrogens with one attached hydrogen (secondary N) is 2. The number of anilines is 1. The van der Waals surface area contributed by atoms with E-state index in [1.807, 2.05) is 18.2 Å². The standard InChI is InChI=1S/C21H22ClF3N4O2.CH2O2/c1-31-20-15(21(23,24)25)3-5-18(28-20)26-7-9-29-8-6-13-14-10-12(22)2-4-16(14)27-19(13)17(29)11-30;2-1-3/h2-5,10,17,27,30H,6-9,11H2,1H3,(H,26,28);1H,(H,2,3). The Hall–Kier alpha value is -3.02. The summed E-state index contributed by atoms with van der Waals surface area (Å²) in [5.74, 6) is -0.173. The molecule has 4 N–H and O–H groups in total. The number of nitrogens with zero attached hydrogens (tertiary/aromatic N) is 2. The fourth-order valence-corrected chi connectivity index (χ4v) is 4.27. The third kappa shape index (κ3) is 5.54. The normalized spacial score (nSPS) is 15.9. The number of ether oxygens (including phenoxy) is 1. The molecule has 0 spiro atoms. The first-order valence-electron chi connectivity index (χ1n) is 10.3. The van der Waals surface area contributed by atoms with Crippen molar-refractivity contribution in [3.8, 4) is 5.88 Å². The molecule has 12 heteroatoms. The van der Waals surface area contributed by atoms with Gasteiger partial charge in [-0.25, -0.2) is 0 Å². The van der Waals surface area contributed by atoms with Crippen molar-refractivity contribution in [2.45, 2.75) is 18.6 Å². The summed E-state index contributed by atoms with van der Waals surface area (Å²) in [4.78, 5) is 17.8. The summed E-state index contributed by atoms with van der Waals surface area (Å²) in [7, 11) is 1.16. The lowest BCUT2D eigenvalue weighted by molar-refractivity contribution is -0.139. The van der Waals surface area contributed by atoms with Gasteiger partial charge in [-0.2, -0.15) is 18.2 Å². The van der Waals surface area contributed by atoms with E-state index in [4.69, 9.17) is 26.2 Å². The number of benzene rings is 1. The third-order valence-electron chi connectivity index (χ3n) is 5.56. The Morgan fingerprint density at radius 3 is 2.74 bits per heavy atom. The largest absolute Gasteiger partial charge is 0.483 e. The van der Waals surface area contributed by atoms with Crippen LogP contribution in [0.4, 0.5) is 19.0 Å². The van der Waals surface area contributed by atoms with Crippen molar-refractivity contribution >= 4 is 34.8 Å². The van der Waals surface area contributed by atoms with Crippen molar-refractivity contribution in [1.29, 1.82) is 0 Å². The van der Waals surface area contributed by atoms with Crippen LogP contribution in [0.2, 0.25) is 5.02 Å². The van der Waals surface area contributed by atoms with E-state index in [0.717, 1.165) is 48.3 Å². The van der Waals surface area contributed by atoms with Crippen molar-refractivity contribution in [2.75, 3.05) is 38.7 Å². The van der Waals surface area contributed by atoms with E-state index in [2.05, 4.69) is 20.2 Å². The van der Waals surface area contributed by atoms with Crippen LogP contribution in [0.5, 0.6) is 5.88 Å². The zero-order valence-electron chi connectivity index (χ0n) is 18.2. The summed E-state index contributed by atoms with van der Waals surface area (Å²) < 4.78 is 43.7. The van der Waals surface area contributed by atoms with Crippen molar-refractivity contribution in [2.24, 2.45) is 0 Å². The summed E-state index contributed by atoms with van der Waals surface area (Å²) >= 11 is 6.14. The Bertz CT molecular complexity index is 1140. The molecule has 1 aliphatic heterocycles. The second-order valence-electron chi connectivity index (χ2n) is 7.47. The Kier molecular flexibility index (Phi) is 8.24. The maximum atomic E-state index is 13.0. The maximum absolute atomic E-state index is 13.0. The van der Waals surface area contributed by atoms with Crippen LogP contribution in [0.3, 0.4) is 0 Å². The number of fused-ring (bicyclic) bond motifs is 3. The molecule has 2 aromatic heterocycles. The van der Waals surface area contributed by atoms with E-state index in [0.29, 0.717) is 23.9 Å². The maximum Gasteiger partial charge on any atom is 0.421 e. The SMILES string of the molecule is COc1nc(NCCN2CCc3c([nH]c4ccc(Cl)cc34)C2CO)ccc1C(F)(F)F.O=CO. The van der Waals surface area contributed by atoms with Gasteiger partial charge >= 0.3 is 6.18 Å². The Balaban J connectivity index is 0.00000103. The van der Waals surface area contributed by atoms with Gasteiger partial charge in [-0.3, -0.25) is 9.69 Å². The fourth-order valence-electron chi connectivity index (χ4n) is 4.10. The first kappa shape index (κ1) is 25.6. The molecule has 184 valence electrons. The smallest absolute Gasteiger partial charge is 0.421 e. The van der Waals surface area contributed by atoms with Crippen LogP contribution >= 0.6 is 11.6 Å². The van der Waals surface area contributed by atoms with Crippen LogP contribution in [0.25, 0.3) is 10.9 Å². The van der Waals surface area contributed by atoms with Gasteiger partial charge in [-0.15, -0.1) is 0 Å². The number of aromatic nitrogens is 2. The molecule has 0 fully saturated rings. The number of hydrogen-bond donors (Lipinski definition) is 4. The third-order valence-corrected chi connectivity index (χ3v) is 5.80. The first-order chi connectivity index (χ1) is 16.2. The zero-order valence-corrected chi connectivity index (χ0v) is 19.0. The Morgan fingerprint density at radius 2 is 2.09 bits per heavy atom. The summed E-state index contributed by atoms with van der Waals surface area (Å²) in [6, 6.07) is 7.72. The molecular weight excluding hydrogens is 477 g/mol. The molecule has 8 nitrogen and oxygen atoms in total. The minimum absolute atomic E-state index is 0.0556. The van der Waals surface area contributed by atoms with Gasteiger partial charge in [-0.1, -0.05) is 11.6 Å². The average molecular weight is 501 g/mol. The van der Waals surface area contributed by atoms with Gasteiger partial charge in [0.05, 0.1) is 19.8 Å². The average Bonchev–Trinajstić information content (AvgIpc) is 3.16. The molecule has 4 rings (SSSR count). The number of alkyl halides is 3. The molecule has 0 amide bonds. The van der Waals surface area contributed by atoms with Gasteiger partial charge in [0.2, 0.25) is 5.88 Å². The van der Waals surface area contributed by atoms with Crippen molar-refractivity contribution in [3.63, 3.8) is 0 Å². The number of halogens is 4. The number of methoxy groups -OCH3 is 1. The van der Waals surface area contributed by atoms with E-state index >= 15 is 0 Å². The highest BCUT2D eigenvalue weighted by Crippen LogP contribution is 2.36. The van der Waals surface area contributed by atoms with Crippen LogP contribution in [-0.4, -0.2) is 64.9 Å². The molecule has 0 bridgehead atoms. The molecule has 34 heavy (non-hydrogen) atoms. The number of carbonyl (C=O) groups is 1. The van der Waals surface area contributed by atoms with E-state index in [1.165, 1.54) is 6.07 Å². The van der Waals surface area contributed by atoms with Crippen molar-refractivity contribution < 1.29 is 32.9 Å². The lowest BCUT2D eigenvalue weighted by atomic mass is 9.97. The summed E-state index contributed by atoms with van der Waals surface area (Å²) in [6.45, 7) is 1.45. The van der Waals surface area contributed by atoms with E-state index < -0.39 is 17.6 Å². The number of carboxylic acid groups (broad SMARTS) is 1. The van der Waals surface area contributed by atoms with Crippen LogP contribution in [0, 0.1) is 0 Å². The second kappa shape index (κ2) is 10.9. The minimum Gasteiger partial charge on any atom is -0.483 e. The van der Waals surface area contributed by atoms with Gasteiger partial charge in [0.1, 0.15) is 11.4 Å². The van der Waals surface area contributed by atoms with Gasteiger partial charge in [0.15, 0.2) is 0 Å². The van der Waals surface area contributed by atoms with Crippen LogP contribution in [-0.2, 0) is 17.4 Å². The van der Waals surface area contributed by atoms with Crippen LogP contribution < -0.4 is 10.1 Å². The molecule has 0 saturated heterocycles. The number of rotatable bonds is 6. The second-order valence-corrected chi connectivity index (χ2v) is 7.91. The van der Waals surface area contributed by atoms with E-state index in [9.17, 15) is 18.3 Å². The molecule has 3 heterocycles. The minimum atomic E-state index is -4.53. The number of pyridine rings is 1. The molecule has 1 atom stereocenters. The van der Waals surface area contributed by atoms with E-state index in [1.54, 1.807) is 0 Å². The quantitative estimate of drug-likeness (QED) is 0.379. The molecule has 1 aliphatic rings. The molecule has 0 aliphatic carbocycles. The Labute approximate surface area is 198 Å². The molecular formula is C22H24ClF3N4O4.